The van der Waals surface area contributed by atoms with Crippen molar-refractivity contribution in [3.8, 4) is 17.2 Å². The molecule has 0 atom stereocenters. The predicted molar refractivity (Wildman–Crippen MR) is 60.1 cm³/mol. The number of hydrogen-bond donors (Lipinski definition) is 3. The third kappa shape index (κ3) is 1.84. The number of ether oxygens (including phenoxy) is 2. The van der Waals surface area contributed by atoms with Crippen LogP contribution in [0.15, 0.2) is 24.5 Å². The number of H-pyrrole nitrogens is 1. The molecule has 3 rings (SSSR count). The van der Waals surface area contributed by atoms with E-state index < -0.39 is 0 Å². The van der Waals surface area contributed by atoms with Crippen molar-refractivity contribution in [1.29, 1.82) is 0 Å². The van der Waals surface area contributed by atoms with Crippen molar-refractivity contribution < 1.29 is 14.6 Å². The highest BCUT2D eigenvalue weighted by atomic mass is 16.7. The van der Waals surface area contributed by atoms with Gasteiger partial charge in [-0.15, -0.1) is 0 Å². The predicted octanol–water partition coefficient (Wildman–Crippen LogP) is 1.46. The van der Waals surface area contributed by atoms with E-state index in [9.17, 15) is 5.11 Å². The van der Waals surface area contributed by atoms with Crippen LogP contribution in [0.4, 0.5) is 5.69 Å². The van der Waals surface area contributed by atoms with Crippen molar-refractivity contribution in [2.24, 2.45) is 0 Å². The van der Waals surface area contributed by atoms with E-state index in [1.54, 1.807) is 24.5 Å². The maximum absolute atomic E-state index is 9.80. The highest BCUT2D eigenvalue weighted by Gasteiger charge is 2.16. The molecule has 0 bridgehead atoms. The van der Waals surface area contributed by atoms with Gasteiger partial charge in [-0.1, -0.05) is 0 Å². The average Bonchev–Trinajstić information content (AvgIpc) is 2.95. The van der Waals surface area contributed by atoms with E-state index in [1.807, 2.05) is 0 Å². The Bertz CT molecular complexity index is 525. The molecule has 1 aromatic carbocycles. The lowest BCUT2D eigenvalue weighted by Gasteiger charge is -2.07. The van der Waals surface area contributed by atoms with Crippen LogP contribution in [0.2, 0.25) is 0 Å². The molecule has 2 heterocycles. The summed E-state index contributed by atoms with van der Waals surface area (Å²) in [4.78, 5) is 0. The van der Waals surface area contributed by atoms with Gasteiger partial charge in [0.15, 0.2) is 11.5 Å². The number of anilines is 1. The van der Waals surface area contributed by atoms with Gasteiger partial charge < -0.3 is 19.9 Å². The second kappa shape index (κ2) is 3.89. The summed E-state index contributed by atoms with van der Waals surface area (Å²) in [5, 5.41) is 19.4. The Labute approximate surface area is 97.2 Å². The lowest BCUT2D eigenvalue weighted by atomic mass is 10.1. The van der Waals surface area contributed by atoms with Crippen molar-refractivity contribution in [3.05, 3.63) is 30.1 Å². The quantitative estimate of drug-likeness (QED) is 0.747. The number of phenolic OH excluding ortho intramolecular Hbond substituents is 1. The van der Waals surface area contributed by atoms with Crippen LogP contribution in [0.25, 0.3) is 0 Å². The largest absolute Gasteiger partial charge is 0.507 e. The second-order valence-electron chi connectivity index (χ2n) is 3.67. The van der Waals surface area contributed by atoms with E-state index in [0.29, 0.717) is 18.0 Å². The van der Waals surface area contributed by atoms with Crippen molar-refractivity contribution in [3.63, 3.8) is 0 Å². The Hall–Kier alpha value is -2.37. The first-order valence-electron chi connectivity index (χ1n) is 5.17. The Morgan fingerprint density at radius 2 is 2.18 bits per heavy atom. The molecule has 0 aliphatic carbocycles. The highest BCUT2D eigenvalue weighted by molar-refractivity contribution is 5.52. The number of aromatic nitrogens is 2. The van der Waals surface area contributed by atoms with E-state index in [1.165, 1.54) is 0 Å². The fraction of sp³-hybridized carbons (Fsp3) is 0.182. The first kappa shape index (κ1) is 9.83. The van der Waals surface area contributed by atoms with Gasteiger partial charge >= 0.3 is 0 Å². The van der Waals surface area contributed by atoms with Gasteiger partial charge in [-0.3, -0.25) is 5.10 Å². The van der Waals surface area contributed by atoms with Crippen molar-refractivity contribution in [2.45, 2.75) is 6.54 Å². The number of fused-ring (bicyclic) bond motifs is 1. The summed E-state index contributed by atoms with van der Waals surface area (Å²) in [7, 11) is 0. The van der Waals surface area contributed by atoms with Crippen LogP contribution in [0.5, 0.6) is 17.2 Å². The zero-order chi connectivity index (χ0) is 11.7. The molecule has 1 aromatic heterocycles. The topological polar surface area (TPSA) is 79.4 Å². The lowest BCUT2D eigenvalue weighted by molar-refractivity contribution is 0.174. The minimum absolute atomic E-state index is 0.185. The molecule has 6 heteroatoms. The molecular formula is C11H11N3O3. The molecule has 3 N–H and O–H groups in total. The monoisotopic (exact) mass is 233 g/mol. The van der Waals surface area contributed by atoms with Gasteiger partial charge in [0.25, 0.3) is 0 Å². The number of aromatic amines is 1. The van der Waals surface area contributed by atoms with Crippen LogP contribution in [-0.4, -0.2) is 22.1 Å². The standard InChI is InChI=1S/C11H11N3O3/c15-9-2-11-10(16-6-17-11)1-7(9)3-12-8-4-13-14-5-8/h1-2,4-5,12,15H,3,6H2,(H,13,14). The molecule has 0 unspecified atom stereocenters. The summed E-state index contributed by atoms with van der Waals surface area (Å²) in [5.74, 6) is 1.42. The smallest absolute Gasteiger partial charge is 0.231 e. The van der Waals surface area contributed by atoms with Crippen LogP contribution in [0.1, 0.15) is 5.56 Å². The fourth-order valence-electron chi connectivity index (χ4n) is 1.66. The molecule has 0 spiro atoms. The highest BCUT2D eigenvalue weighted by Crippen LogP contribution is 2.37. The van der Waals surface area contributed by atoms with Gasteiger partial charge in [0.05, 0.1) is 11.9 Å². The minimum atomic E-state index is 0.185. The summed E-state index contributed by atoms with van der Waals surface area (Å²) in [6.45, 7) is 0.690. The van der Waals surface area contributed by atoms with Crippen LogP contribution < -0.4 is 14.8 Å². The maximum atomic E-state index is 9.80. The summed E-state index contributed by atoms with van der Waals surface area (Å²) >= 11 is 0. The van der Waals surface area contributed by atoms with Crippen LogP contribution in [-0.2, 0) is 6.54 Å². The summed E-state index contributed by atoms with van der Waals surface area (Å²) < 4.78 is 10.4. The number of aromatic hydroxyl groups is 1. The van der Waals surface area contributed by atoms with Crippen LogP contribution in [0, 0.1) is 0 Å². The normalized spacial score (nSPS) is 12.7. The van der Waals surface area contributed by atoms with Crippen molar-refractivity contribution >= 4 is 5.69 Å². The number of rotatable bonds is 3. The zero-order valence-corrected chi connectivity index (χ0v) is 8.93. The molecule has 6 nitrogen and oxygen atoms in total. The van der Waals surface area contributed by atoms with Gasteiger partial charge in [0, 0.05) is 24.4 Å². The van der Waals surface area contributed by atoms with E-state index in [4.69, 9.17) is 9.47 Å². The molecule has 0 amide bonds. The third-order valence-corrected chi connectivity index (χ3v) is 2.56. The minimum Gasteiger partial charge on any atom is -0.507 e. The average molecular weight is 233 g/mol. The number of nitrogens with one attached hydrogen (secondary N) is 2. The zero-order valence-electron chi connectivity index (χ0n) is 8.93. The molecule has 17 heavy (non-hydrogen) atoms. The van der Waals surface area contributed by atoms with Gasteiger partial charge in [0.1, 0.15) is 5.75 Å². The summed E-state index contributed by atoms with van der Waals surface area (Å²) in [6, 6.07) is 3.33. The number of phenols is 1. The molecule has 0 saturated heterocycles. The molecule has 0 saturated carbocycles. The SMILES string of the molecule is Oc1cc2c(cc1CNc1cn[nH]c1)OCO2. The van der Waals surface area contributed by atoms with E-state index >= 15 is 0 Å². The Balaban J connectivity index is 1.79. The van der Waals surface area contributed by atoms with Crippen LogP contribution >= 0.6 is 0 Å². The number of benzene rings is 1. The summed E-state index contributed by atoms with van der Waals surface area (Å²) in [6.07, 6.45) is 3.41. The fourth-order valence-corrected chi connectivity index (χ4v) is 1.66. The van der Waals surface area contributed by atoms with Crippen molar-refractivity contribution in [1.82, 2.24) is 10.2 Å². The van der Waals surface area contributed by atoms with Gasteiger partial charge in [-0.2, -0.15) is 5.10 Å². The lowest BCUT2D eigenvalue weighted by Crippen LogP contribution is -1.98. The van der Waals surface area contributed by atoms with Crippen molar-refractivity contribution in [2.75, 3.05) is 12.1 Å². The summed E-state index contributed by atoms with van der Waals surface area (Å²) in [5.41, 5.74) is 1.61. The third-order valence-electron chi connectivity index (χ3n) is 2.56. The molecule has 0 fully saturated rings. The van der Waals surface area contributed by atoms with Gasteiger partial charge in [-0.05, 0) is 6.07 Å². The molecule has 2 aromatic rings. The molecule has 1 aliphatic rings. The molecule has 0 radical (unpaired) electrons. The number of nitrogens with zero attached hydrogens (tertiary/aromatic N) is 1. The Kier molecular flexibility index (Phi) is 2.25. The van der Waals surface area contributed by atoms with Crippen LogP contribution in [0.3, 0.4) is 0 Å². The van der Waals surface area contributed by atoms with Gasteiger partial charge in [0.2, 0.25) is 6.79 Å². The first-order chi connectivity index (χ1) is 8.33. The van der Waals surface area contributed by atoms with E-state index in [-0.39, 0.29) is 12.5 Å². The van der Waals surface area contributed by atoms with E-state index in [2.05, 4.69) is 15.5 Å². The molecular weight excluding hydrogens is 222 g/mol. The Morgan fingerprint density at radius 3 is 2.94 bits per heavy atom. The first-order valence-corrected chi connectivity index (χ1v) is 5.17. The van der Waals surface area contributed by atoms with E-state index in [0.717, 1.165) is 11.3 Å². The molecule has 88 valence electrons. The maximum Gasteiger partial charge on any atom is 0.231 e. The second-order valence-corrected chi connectivity index (χ2v) is 3.67. The van der Waals surface area contributed by atoms with Gasteiger partial charge in [-0.25, -0.2) is 0 Å². The number of hydrogen-bond acceptors (Lipinski definition) is 5. The molecule has 1 aliphatic heterocycles. The Morgan fingerprint density at radius 1 is 1.35 bits per heavy atom.